The van der Waals surface area contributed by atoms with Gasteiger partial charge in [0.1, 0.15) is 5.82 Å². The highest BCUT2D eigenvalue weighted by Crippen LogP contribution is 2.22. The van der Waals surface area contributed by atoms with Crippen LogP contribution in [0.3, 0.4) is 0 Å². The van der Waals surface area contributed by atoms with Crippen LogP contribution in [0.1, 0.15) is 65.7 Å². The lowest BCUT2D eigenvalue weighted by atomic mass is 10.1. The Morgan fingerprint density at radius 1 is 1.19 bits per heavy atom. The van der Waals surface area contributed by atoms with Crippen molar-refractivity contribution in [3.05, 3.63) is 40.4 Å². The number of fused-ring (bicyclic) bond motifs is 1. The summed E-state index contributed by atoms with van der Waals surface area (Å²) < 4.78 is 1.70. The fourth-order valence-electron chi connectivity index (χ4n) is 3.29. The van der Waals surface area contributed by atoms with Crippen molar-refractivity contribution in [3.63, 3.8) is 0 Å². The van der Waals surface area contributed by atoms with Crippen molar-refractivity contribution in [1.82, 2.24) is 14.5 Å². The third kappa shape index (κ3) is 4.32. The second-order valence-corrected chi connectivity index (χ2v) is 7.26. The first-order valence-electron chi connectivity index (χ1n) is 9.69. The molecule has 0 N–H and O–H groups in total. The zero-order valence-electron chi connectivity index (χ0n) is 16.7. The molecule has 26 heavy (non-hydrogen) atoms. The number of nitrogens with zero attached hydrogens (tertiary/aromatic N) is 3. The lowest BCUT2D eigenvalue weighted by Crippen LogP contribution is -2.39. The van der Waals surface area contributed by atoms with E-state index in [1.807, 2.05) is 43.0 Å². The van der Waals surface area contributed by atoms with Crippen molar-refractivity contribution in [1.29, 1.82) is 0 Å². The molecule has 5 nitrogen and oxygen atoms in total. The van der Waals surface area contributed by atoms with E-state index in [1.54, 1.807) is 4.57 Å². The molecule has 5 heteroatoms. The van der Waals surface area contributed by atoms with E-state index in [0.717, 1.165) is 12.8 Å². The van der Waals surface area contributed by atoms with Gasteiger partial charge in [0.2, 0.25) is 5.91 Å². The van der Waals surface area contributed by atoms with Crippen LogP contribution in [0.15, 0.2) is 29.1 Å². The van der Waals surface area contributed by atoms with Crippen molar-refractivity contribution in [2.24, 2.45) is 5.92 Å². The Labute approximate surface area is 156 Å². The van der Waals surface area contributed by atoms with E-state index < -0.39 is 0 Å². The molecule has 0 aliphatic rings. The number of hydrogen-bond donors (Lipinski definition) is 0. The third-order valence-electron chi connectivity index (χ3n) is 4.67. The molecule has 2 aromatic rings. The average Bonchev–Trinajstić information content (AvgIpc) is 2.63. The predicted molar refractivity (Wildman–Crippen MR) is 106 cm³/mol. The first-order chi connectivity index (χ1) is 12.4. The van der Waals surface area contributed by atoms with E-state index in [9.17, 15) is 9.59 Å². The number of para-hydroxylation sites is 1. The fraction of sp³-hybridized carbons (Fsp3) is 0.571. The zero-order chi connectivity index (χ0) is 19.3. The molecule has 1 amide bonds. The maximum Gasteiger partial charge on any atom is 0.261 e. The van der Waals surface area contributed by atoms with E-state index in [2.05, 4.69) is 20.8 Å². The Hall–Kier alpha value is -2.17. The van der Waals surface area contributed by atoms with Gasteiger partial charge >= 0.3 is 0 Å². The highest BCUT2D eigenvalue weighted by Gasteiger charge is 2.26. The number of carbonyl (C=O) groups is 1. The van der Waals surface area contributed by atoms with Crippen molar-refractivity contribution < 1.29 is 4.79 Å². The minimum atomic E-state index is -0.237. The van der Waals surface area contributed by atoms with Crippen molar-refractivity contribution in [2.75, 3.05) is 6.54 Å². The minimum absolute atomic E-state index is 0.0366. The van der Waals surface area contributed by atoms with Gasteiger partial charge in [-0.25, -0.2) is 4.98 Å². The Kier molecular flexibility index (Phi) is 6.95. The smallest absolute Gasteiger partial charge is 0.261 e. The summed E-state index contributed by atoms with van der Waals surface area (Å²) in [5.74, 6) is 1.16. The molecule has 1 aromatic carbocycles. The minimum Gasteiger partial charge on any atom is -0.333 e. The monoisotopic (exact) mass is 357 g/mol. The van der Waals surface area contributed by atoms with Crippen LogP contribution in [0.2, 0.25) is 0 Å². The van der Waals surface area contributed by atoms with E-state index >= 15 is 0 Å². The molecule has 1 heterocycles. The van der Waals surface area contributed by atoms with E-state index in [0.29, 0.717) is 42.2 Å². The van der Waals surface area contributed by atoms with Gasteiger partial charge in [-0.1, -0.05) is 39.3 Å². The van der Waals surface area contributed by atoms with Gasteiger partial charge in [-0.05, 0) is 38.3 Å². The van der Waals surface area contributed by atoms with Crippen LogP contribution in [-0.2, 0) is 11.3 Å². The van der Waals surface area contributed by atoms with Gasteiger partial charge < -0.3 is 4.90 Å². The van der Waals surface area contributed by atoms with Gasteiger partial charge in [0, 0.05) is 19.5 Å². The Morgan fingerprint density at radius 2 is 1.88 bits per heavy atom. The molecule has 1 atom stereocenters. The van der Waals surface area contributed by atoms with E-state index in [4.69, 9.17) is 4.98 Å². The summed E-state index contributed by atoms with van der Waals surface area (Å²) in [7, 11) is 0. The second-order valence-electron chi connectivity index (χ2n) is 7.26. The predicted octanol–water partition coefficient (Wildman–Crippen LogP) is 4.15. The van der Waals surface area contributed by atoms with Crippen LogP contribution in [0, 0.1) is 5.92 Å². The van der Waals surface area contributed by atoms with E-state index in [1.165, 1.54) is 0 Å². The van der Waals surface area contributed by atoms with E-state index in [-0.39, 0.29) is 17.5 Å². The van der Waals surface area contributed by atoms with Crippen LogP contribution < -0.4 is 5.56 Å². The van der Waals surface area contributed by atoms with Crippen LogP contribution >= 0.6 is 0 Å². The molecule has 1 unspecified atom stereocenters. The summed E-state index contributed by atoms with van der Waals surface area (Å²) in [4.78, 5) is 32.4. The third-order valence-corrected chi connectivity index (χ3v) is 4.67. The van der Waals surface area contributed by atoms with Crippen molar-refractivity contribution >= 4 is 16.8 Å². The van der Waals surface area contributed by atoms with Gasteiger partial charge in [0.15, 0.2) is 0 Å². The summed E-state index contributed by atoms with van der Waals surface area (Å²) in [6.07, 6.45) is 2.41. The number of unbranched alkanes of at least 4 members (excludes halogenated alkanes) is 1. The Bertz CT molecular complexity index is 810. The first kappa shape index (κ1) is 20.1. The molecule has 0 radical (unpaired) electrons. The molecule has 0 saturated heterocycles. The van der Waals surface area contributed by atoms with Crippen molar-refractivity contribution in [3.8, 4) is 0 Å². The van der Waals surface area contributed by atoms with Crippen LogP contribution in [-0.4, -0.2) is 26.9 Å². The zero-order valence-corrected chi connectivity index (χ0v) is 16.7. The molecule has 0 aliphatic carbocycles. The molecule has 0 spiro atoms. The summed E-state index contributed by atoms with van der Waals surface area (Å²) in [5, 5.41) is 0.623. The maximum absolute atomic E-state index is 12.9. The molecule has 142 valence electrons. The molecule has 0 aliphatic heterocycles. The SMILES string of the molecule is CCCCC(=O)N(CC(C)C)C(C)c1nc2ccccc2c(=O)n1CC. The molecular formula is C21H31N3O2. The summed E-state index contributed by atoms with van der Waals surface area (Å²) in [6.45, 7) is 11.4. The van der Waals surface area contributed by atoms with Crippen LogP contribution in [0.4, 0.5) is 0 Å². The van der Waals surface area contributed by atoms with Crippen LogP contribution in [0.25, 0.3) is 10.9 Å². The van der Waals surface area contributed by atoms with Gasteiger partial charge in [-0.2, -0.15) is 0 Å². The normalized spacial score (nSPS) is 12.5. The van der Waals surface area contributed by atoms with Gasteiger partial charge in [0.25, 0.3) is 5.56 Å². The number of carbonyl (C=O) groups excluding carboxylic acids is 1. The average molecular weight is 357 g/mol. The summed E-state index contributed by atoms with van der Waals surface area (Å²) >= 11 is 0. The number of benzene rings is 1. The molecule has 1 aromatic heterocycles. The highest BCUT2D eigenvalue weighted by atomic mass is 16.2. The molecule has 0 saturated carbocycles. The largest absolute Gasteiger partial charge is 0.333 e. The molecule has 2 rings (SSSR count). The van der Waals surface area contributed by atoms with Crippen LogP contribution in [0.5, 0.6) is 0 Å². The maximum atomic E-state index is 12.9. The number of amides is 1. The van der Waals surface area contributed by atoms with Gasteiger partial charge in [0.05, 0.1) is 16.9 Å². The second kappa shape index (κ2) is 8.97. The molecule has 0 bridgehead atoms. The molecule has 0 fully saturated rings. The quantitative estimate of drug-likeness (QED) is 0.713. The van der Waals surface area contributed by atoms with Crippen molar-refractivity contribution in [2.45, 2.75) is 66.5 Å². The number of aromatic nitrogens is 2. The standard InChI is InChI=1S/C21H31N3O2/c1-6-8-13-19(25)24(14-15(3)4)16(5)20-22-18-12-10-9-11-17(18)21(26)23(20)7-2/h9-12,15-16H,6-8,13-14H2,1-5H3. The summed E-state index contributed by atoms with van der Waals surface area (Å²) in [6, 6.07) is 7.17. The van der Waals surface area contributed by atoms with Gasteiger partial charge in [-0.15, -0.1) is 0 Å². The Morgan fingerprint density at radius 3 is 2.50 bits per heavy atom. The lowest BCUT2D eigenvalue weighted by Gasteiger charge is -2.32. The summed E-state index contributed by atoms with van der Waals surface area (Å²) in [5.41, 5.74) is 0.653. The number of hydrogen-bond acceptors (Lipinski definition) is 3. The fourth-order valence-corrected chi connectivity index (χ4v) is 3.29. The first-order valence-corrected chi connectivity index (χ1v) is 9.69. The topological polar surface area (TPSA) is 55.2 Å². The highest BCUT2D eigenvalue weighted by molar-refractivity contribution is 5.78. The van der Waals surface area contributed by atoms with Gasteiger partial charge in [-0.3, -0.25) is 14.2 Å². The number of rotatable bonds is 8. The Balaban J connectivity index is 2.51. The lowest BCUT2D eigenvalue weighted by molar-refractivity contribution is -0.134. The molecular weight excluding hydrogens is 326 g/mol.